The molecule has 1 aliphatic rings. The van der Waals surface area contributed by atoms with Gasteiger partial charge in [0.15, 0.2) is 0 Å². The minimum Gasteiger partial charge on any atom is -0.477 e. The lowest BCUT2D eigenvalue weighted by Crippen LogP contribution is -2.36. The van der Waals surface area contributed by atoms with Gasteiger partial charge < -0.3 is 9.84 Å². The Hall–Kier alpha value is -0.960. The minimum atomic E-state index is -3.66. The Labute approximate surface area is 122 Å². The summed E-state index contributed by atoms with van der Waals surface area (Å²) in [6, 6.07) is 1.24. The van der Waals surface area contributed by atoms with E-state index in [-0.39, 0.29) is 15.9 Å². The zero-order valence-electron chi connectivity index (χ0n) is 11.3. The molecule has 1 aromatic heterocycles. The molecule has 1 atom stereocenters. The first-order chi connectivity index (χ1) is 9.32. The molecule has 0 amide bonds. The molecule has 0 radical (unpaired) electrons. The largest absolute Gasteiger partial charge is 0.477 e. The summed E-state index contributed by atoms with van der Waals surface area (Å²) >= 11 is 0.983. The van der Waals surface area contributed by atoms with E-state index >= 15 is 0 Å². The summed E-state index contributed by atoms with van der Waals surface area (Å²) in [5.74, 6) is -1.10. The van der Waals surface area contributed by atoms with Gasteiger partial charge in [-0.05, 0) is 26.3 Å². The number of aryl methyl sites for hydroxylation is 1. The number of carboxylic acids is 1. The van der Waals surface area contributed by atoms with Crippen LogP contribution in [-0.2, 0) is 14.8 Å². The third-order valence-corrected chi connectivity index (χ3v) is 6.27. The van der Waals surface area contributed by atoms with Crippen molar-refractivity contribution in [1.29, 1.82) is 0 Å². The first-order valence-corrected chi connectivity index (χ1v) is 8.53. The molecule has 6 nitrogen and oxygen atoms in total. The minimum absolute atomic E-state index is 0.0418. The van der Waals surface area contributed by atoms with E-state index in [1.165, 1.54) is 10.4 Å². The molecule has 0 aliphatic carbocycles. The van der Waals surface area contributed by atoms with Crippen molar-refractivity contribution in [3.05, 3.63) is 15.8 Å². The summed E-state index contributed by atoms with van der Waals surface area (Å²) in [7, 11) is -3.66. The van der Waals surface area contributed by atoms with Crippen molar-refractivity contribution >= 4 is 27.3 Å². The van der Waals surface area contributed by atoms with E-state index in [9.17, 15) is 13.2 Å². The van der Waals surface area contributed by atoms with Crippen LogP contribution in [0.25, 0.3) is 0 Å². The third-order valence-electron chi connectivity index (χ3n) is 3.12. The predicted octanol–water partition coefficient (Wildman–Crippen LogP) is 1.55. The molecule has 1 aromatic rings. The molecule has 0 aromatic carbocycles. The number of thiophene rings is 1. The highest BCUT2D eigenvalue weighted by Crippen LogP contribution is 2.29. The Kier molecular flexibility index (Phi) is 4.48. The highest BCUT2D eigenvalue weighted by molar-refractivity contribution is 7.89. The van der Waals surface area contributed by atoms with Crippen LogP contribution in [0.2, 0.25) is 0 Å². The number of sulfonamides is 1. The average Bonchev–Trinajstić information content (AvgIpc) is 2.62. The van der Waals surface area contributed by atoms with Crippen molar-refractivity contribution in [2.75, 3.05) is 19.7 Å². The monoisotopic (exact) mass is 319 g/mol. The Balaban J connectivity index is 2.36. The molecule has 1 N–H and O–H groups in total. The maximum atomic E-state index is 12.6. The molecule has 2 heterocycles. The molecule has 0 bridgehead atoms. The summed E-state index contributed by atoms with van der Waals surface area (Å²) in [5.41, 5.74) is 0. The van der Waals surface area contributed by atoms with Gasteiger partial charge in [-0.3, -0.25) is 0 Å². The van der Waals surface area contributed by atoms with Crippen molar-refractivity contribution in [3.63, 3.8) is 0 Å². The molecule has 1 fully saturated rings. The fourth-order valence-corrected chi connectivity index (χ4v) is 5.09. The lowest BCUT2D eigenvalue weighted by molar-refractivity contribution is 0.0701. The summed E-state index contributed by atoms with van der Waals surface area (Å²) in [5, 5.41) is 8.97. The van der Waals surface area contributed by atoms with Gasteiger partial charge in [0.2, 0.25) is 10.0 Å². The van der Waals surface area contributed by atoms with Crippen LogP contribution in [0.15, 0.2) is 11.0 Å². The standard InChI is InChI=1S/C12H17NO5S2/c1-8-7-13(4-3-5-18-8)20(16,17)11-6-10(12(14)15)19-9(11)2/h6,8H,3-5,7H2,1-2H3,(H,14,15). The van der Waals surface area contributed by atoms with E-state index in [2.05, 4.69) is 0 Å². The number of aromatic carboxylic acids is 1. The first-order valence-electron chi connectivity index (χ1n) is 6.28. The van der Waals surface area contributed by atoms with Crippen LogP contribution in [0, 0.1) is 6.92 Å². The van der Waals surface area contributed by atoms with Crippen LogP contribution in [0.1, 0.15) is 27.9 Å². The van der Waals surface area contributed by atoms with Crippen LogP contribution in [-0.4, -0.2) is 49.6 Å². The van der Waals surface area contributed by atoms with Crippen molar-refractivity contribution in [3.8, 4) is 0 Å². The second kappa shape index (κ2) is 5.80. The Morgan fingerprint density at radius 2 is 2.25 bits per heavy atom. The van der Waals surface area contributed by atoms with Gasteiger partial charge in [-0.2, -0.15) is 4.31 Å². The van der Waals surface area contributed by atoms with Crippen LogP contribution in [0.3, 0.4) is 0 Å². The molecule has 8 heteroatoms. The molecule has 20 heavy (non-hydrogen) atoms. The van der Waals surface area contributed by atoms with Gasteiger partial charge in [0.05, 0.1) is 11.0 Å². The Morgan fingerprint density at radius 3 is 2.85 bits per heavy atom. The molecule has 1 saturated heterocycles. The number of hydrogen-bond acceptors (Lipinski definition) is 5. The summed E-state index contributed by atoms with van der Waals surface area (Å²) in [6.07, 6.45) is 0.476. The normalized spacial score (nSPS) is 21.6. The Bertz CT molecular complexity index is 607. The van der Waals surface area contributed by atoms with E-state index < -0.39 is 16.0 Å². The topological polar surface area (TPSA) is 83.9 Å². The van der Waals surface area contributed by atoms with Gasteiger partial charge in [0.25, 0.3) is 0 Å². The van der Waals surface area contributed by atoms with Crippen LogP contribution in [0.4, 0.5) is 0 Å². The van der Waals surface area contributed by atoms with Crippen molar-refractivity contribution < 1.29 is 23.1 Å². The summed E-state index contributed by atoms with van der Waals surface area (Å²) in [4.78, 5) is 11.6. The number of nitrogens with zero attached hydrogens (tertiary/aromatic N) is 1. The SMILES string of the molecule is Cc1sc(C(=O)O)cc1S(=O)(=O)N1CCCOC(C)C1. The smallest absolute Gasteiger partial charge is 0.345 e. The number of ether oxygens (including phenoxy) is 1. The highest BCUT2D eigenvalue weighted by Gasteiger charge is 2.31. The van der Waals surface area contributed by atoms with E-state index in [1.54, 1.807) is 6.92 Å². The van der Waals surface area contributed by atoms with Crippen LogP contribution < -0.4 is 0 Å². The van der Waals surface area contributed by atoms with Crippen molar-refractivity contribution in [2.45, 2.75) is 31.3 Å². The van der Waals surface area contributed by atoms with Crippen LogP contribution in [0.5, 0.6) is 0 Å². The van der Waals surface area contributed by atoms with Gasteiger partial charge in [0.1, 0.15) is 4.88 Å². The molecule has 1 unspecified atom stereocenters. The van der Waals surface area contributed by atoms with Gasteiger partial charge in [0, 0.05) is 24.6 Å². The van der Waals surface area contributed by atoms with Gasteiger partial charge in [-0.25, -0.2) is 13.2 Å². The highest BCUT2D eigenvalue weighted by atomic mass is 32.2. The molecular weight excluding hydrogens is 302 g/mol. The van der Waals surface area contributed by atoms with Gasteiger partial charge in [-0.1, -0.05) is 0 Å². The van der Waals surface area contributed by atoms with Crippen molar-refractivity contribution in [2.24, 2.45) is 0 Å². The van der Waals surface area contributed by atoms with E-state index in [4.69, 9.17) is 9.84 Å². The zero-order valence-corrected chi connectivity index (χ0v) is 13.0. The molecular formula is C12H17NO5S2. The molecule has 1 aliphatic heterocycles. The van der Waals surface area contributed by atoms with E-state index in [0.717, 1.165) is 11.3 Å². The quantitative estimate of drug-likeness (QED) is 0.914. The second-order valence-electron chi connectivity index (χ2n) is 4.73. The first kappa shape index (κ1) is 15.4. The summed E-state index contributed by atoms with van der Waals surface area (Å²) < 4.78 is 32.1. The fraction of sp³-hybridized carbons (Fsp3) is 0.583. The fourth-order valence-electron chi connectivity index (χ4n) is 2.14. The average molecular weight is 319 g/mol. The number of rotatable bonds is 3. The lowest BCUT2D eigenvalue weighted by atomic mass is 10.4. The predicted molar refractivity (Wildman–Crippen MR) is 74.8 cm³/mol. The maximum Gasteiger partial charge on any atom is 0.345 e. The maximum absolute atomic E-state index is 12.6. The van der Waals surface area contributed by atoms with E-state index in [1.807, 2.05) is 6.92 Å². The molecule has 0 spiro atoms. The molecule has 2 rings (SSSR count). The van der Waals surface area contributed by atoms with Gasteiger partial charge >= 0.3 is 5.97 Å². The van der Waals surface area contributed by atoms with Crippen LogP contribution >= 0.6 is 11.3 Å². The number of carboxylic acid groups (broad SMARTS) is 1. The second-order valence-corrected chi connectivity index (χ2v) is 7.90. The number of carbonyl (C=O) groups is 1. The van der Waals surface area contributed by atoms with Crippen molar-refractivity contribution in [1.82, 2.24) is 4.31 Å². The zero-order chi connectivity index (χ0) is 14.9. The lowest BCUT2D eigenvalue weighted by Gasteiger charge is -2.21. The molecule has 112 valence electrons. The Morgan fingerprint density at radius 1 is 1.55 bits per heavy atom. The van der Waals surface area contributed by atoms with E-state index in [0.29, 0.717) is 31.0 Å². The summed E-state index contributed by atoms with van der Waals surface area (Å²) in [6.45, 7) is 4.68. The third kappa shape index (κ3) is 3.03. The number of hydrogen-bond donors (Lipinski definition) is 1. The molecule has 0 saturated carbocycles. The van der Waals surface area contributed by atoms with Gasteiger partial charge in [-0.15, -0.1) is 11.3 Å².